The Hall–Kier alpha value is -1.38. The van der Waals surface area contributed by atoms with Crippen LogP contribution >= 0.6 is 24.8 Å². The van der Waals surface area contributed by atoms with Gasteiger partial charge in [-0.2, -0.15) is 5.26 Å². The second-order valence-electron chi connectivity index (χ2n) is 3.63. The van der Waals surface area contributed by atoms with E-state index in [0.717, 1.165) is 5.56 Å². The number of hydrogen-bond acceptors (Lipinski definition) is 3. The summed E-state index contributed by atoms with van der Waals surface area (Å²) in [6.45, 7) is 1.71. The number of carbonyl (C=O) groups is 1. The van der Waals surface area contributed by atoms with Crippen LogP contribution < -0.4 is 0 Å². The summed E-state index contributed by atoms with van der Waals surface area (Å²) in [5, 5.41) is 16.4. The fourth-order valence-corrected chi connectivity index (χ4v) is 1.27. The van der Waals surface area contributed by atoms with Gasteiger partial charge in [-0.3, -0.25) is 4.79 Å². The Bertz CT molecular complexity index is 426. The lowest BCUT2D eigenvalue weighted by atomic mass is 10.1. The second kappa shape index (κ2) is 9.63. The molecule has 1 unspecified atom stereocenters. The van der Waals surface area contributed by atoms with Crippen molar-refractivity contribution in [1.82, 2.24) is 0 Å². The topological polar surface area (TPSA) is 61.1 Å². The molecule has 5 heteroatoms. The molecule has 0 amide bonds. The average Bonchev–Trinajstić information content (AvgIpc) is 2.37. The van der Waals surface area contributed by atoms with Crippen molar-refractivity contribution in [2.75, 3.05) is 0 Å². The van der Waals surface area contributed by atoms with Gasteiger partial charge in [-0.05, 0) is 18.9 Å². The molecule has 1 aromatic rings. The van der Waals surface area contributed by atoms with Crippen LogP contribution in [0.1, 0.15) is 25.3 Å². The summed E-state index contributed by atoms with van der Waals surface area (Å²) in [5.74, 6) is -0.974. The van der Waals surface area contributed by atoms with Gasteiger partial charge in [0.05, 0.1) is 10.3 Å². The zero-order valence-corrected chi connectivity index (χ0v) is 11.7. The smallest absolute Gasteiger partial charge is 0.303 e. The van der Waals surface area contributed by atoms with Crippen molar-refractivity contribution in [3.8, 4) is 6.07 Å². The molecule has 1 aromatic carbocycles. The minimum absolute atomic E-state index is 0.0920. The number of thiocarbonyl (C=S) groups is 1. The number of thiol groups is 1. The summed E-state index contributed by atoms with van der Waals surface area (Å²) in [7, 11) is 0. The number of nitriles is 1. The molecule has 0 saturated heterocycles. The van der Waals surface area contributed by atoms with Crippen LogP contribution in [0.4, 0.5) is 0 Å². The molecular weight excluding hydrogens is 266 g/mol. The zero-order valence-electron chi connectivity index (χ0n) is 10.0. The summed E-state index contributed by atoms with van der Waals surface area (Å²) in [5.41, 5.74) is 1.01. The van der Waals surface area contributed by atoms with Crippen LogP contribution in [0.3, 0.4) is 0 Å². The molecule has 1 atom stereocenters. The van der Waals surface area contributed by atoms with Gasteiger partial charge in [-0.15, -0.1) is 12.6 Å². The summed E-state index contributed by atoms with van der Waals surface area (Å²) >= 11 is 8.85. The molecule has 0 fully saturated rings. The number of carboxylic acid groups (broad SMARTS) is 1. The number of rotatable bonds is 4. The van der Waals surface area contributed by atoms with E-state index >= 15 is 0 Å². The van der Waals surface area contributed by atoms with Crippen molar-refractivity contribution < 1.29 is 9.90 Å². The van der Waals surface area contributed by atoms with E-state index in [1.165, 1.54) is 0 Å². The Balaban J connectivity index is 0.000000321. The minimum Gasteiger partial charge on any atom is -0.481 e. The third-order valence-electron chi connectivity index (χ3n) is 2.03. The highest BCUT2D eigenvalue weighted by Crippen LogP contribution is 2.03. The summed E-state index contributed by atoms with van der Waals surface area (Å²) in [6.07, 6.45) is 0.542. The van der Waals surface area contributed by atoms with Crippen LogP contribution in [0, 0.1) is 17.2 Å². The molecule has 3 nitrogen and oxygen atoms in total. The van der Waals surface area contributed by atoms with Gasteiger partial charge >= 0.3 is 5.97 Å². The molecule has 18 heavy (non-hydrogen) atoms. The van der Waals surface area contributed by atoms with E-state index in [2.05, 4.69) is 12.6 Å². The van der Waals surface area contributed by atoms with E-state index in [0.29, 0.717) is 10.6 Å². The minimum atomic E-state index is -0.836. The standard InChI is InChI=1S/C7H6S2.C6H9NO2/c8-7(9)6-4-2-1-3-5-6;1-5(4-7)2-3-6(8)9/h1-5H,(H,8,9);5H,2-3H2,1H3,(H,8,9). The molecule has 1 rings (SSSR count). The normalized spacial score (nSPS) is 10.5. The van der Waals surface area contributed by atoms with Crippen molar-refractivity contribution >= 4 is 35.0 Å². The Morgan fingerprint density at radius 3 is 2.39 bits per heavy atom. The predicted octanol–water partition coefficient (Wildman–Crippen LogP) is 3.30. The Labute approximate surface area is 118 Å². The molecule has 0 spiro atoms. The van der Waals surface area contributed by atoms with E-state index in [-0.39, 0.29) is 12.3 Å². The van der Waals surface area contributed by atoms with Crippen molar-refractivity contribution in [3.63, 3.8) is 0 Å². The monoisotopic (exact) mass is 281 g/mol. The lowest BCUT2D eigenvalue weighted by Gasteiger charge is -1.95. The van der Waals surface area contributed by atoms with Crippen LogP contribution in [0.2, 0.25) is 0 Å². The number of hydrogen-bond donors (Lipinski definition) is 2. The van der Waals surface area contributed by atoms with E-state index in [9.17, 15) is 4.79 Å². The maximum Gasteiger partial charge on any atom is 0.303 e. The number of carboxylic acids is 1. The third kappa shape index (κ3) is 8.74. The molecule has 1 N–H and O–H groups in total. The summed E-state index contributed by atoms with van der Waals surface area (Å²) in [6, 6.07) is 11.7. The zero-order chi connectivity index (χ0) is 14.0. The molecule has 0 radical (unpaired) electrons. The van der Waals surface area contributed by atoms with Crippen molar-refractivity contribution in [2.24, 2.45) is 5.92 Å². The SMILES string of the molecule is CC(C#N)CCC(=O)O.S=C(S)c1ccccc1. The first kappa shape index (κ1) is 16.6. The van der Waals surface area contributed by atoms with Crippen LogP contribution in [0.25, 0.3) is 0 Å². The van der Waals surface area contributed by atoms with Crippen molar-refractivity contribution in [2.45, 2.75) is 19.8 Å². The average molecular weight is 281 g/mol. The van der Waals surface area contributed by atoms with Crippen LogP contribution in [0.15, 0.2) is 30.3 Å². The first-order chi connectivity index (χ1) is 8.47. The lowest BCUT2D eigenvalue weighted by molar-refractivity contribution is -0.137. The van der Waals surface area contributed by atoms with Gasteiger partial charge in [0.15, 0.2) is 0 Å². The highest BCUT2D eigenvalue weighted by molar-refractivity contribution is 8.11. The van der Waals surface area contributed by atoms with Crippen molar-refractivity contribution in [1.29, 1.82) is 5.26 Å². The number of aliphatic carboxylic acids is 1. The largest absolute Gasteiger partial charge is 0.481 e. The van der Waals surface area contributed by atoms with Gasteiger partial charge in [0.1, 0.15) is 0 Å². The van der Waals surface area contributed by atoms with Gasteiger partial charge in [-0.25, -0.2) is 0 Å². The summed E-state index contributed by atoms with van der Waals surface area (Å²) in [4.78, 5) is 9.91. The Morgan fingerprint density at radius 1 is 1.50 bits per heavy atom. The van der Waals surface area contributed by atoms with E-state index in [1.807, 2.05) is 36.4 Å². The van der Waals surface area contributed by atoms with Gasteiger partial charge in [-0.1, -0.05) is 42.5 Å². The lowest BCUT2D eigenvalue weighted by Crippen LogP contribution is -1.98. The van der Waals surface area contributed by atoms with E-state index in [1.54, 1.807) is 6.92 Å². The summed E-state index contributed by atoms with van der Waals surface area (Å²) < 4.78 is 0.649. The van der Waals surface area contributed by atoms with Crippen LogP contribution in [-0.4, -0.2) is 15.3 Å². The molecule has 0 heterocycles. The van der Waals surface area contributed by atoms with E-state index < -0.39 is 5.97 Å². The first-order valence-electron chi connectivity index (χ1n) is 5.37. The molecule has 0 aromatic heterocycles. The highest BCUT2D eigenvalue weighted by Gasteiger charge is 2.02. The fourth-order valence-electron chi connectivity index (χ4n) is 0.985. The second-order valence-corrected chi connectivity index (χ2v) is 4.79. The maximum absolute atomic E-state index is 9.91. The fraction of sp³-hybridized carbons (Fsp3) is 0.308. The Morgan fingerprint density at radius 2 is 2.06 bits per heavy atom. The highest BCUT2D eigenvalue weighted by atomic mass is 32.1. The molecular formula is C13H15NO2S2. The van der Waals surface area contributed by atoms with E-state index in [4.69, 9.17) is 22.6 Å². The van der Waals surface area contributed by atoms with Gasteiger partial charge in [0.25, 0.3) is 0 Å². The van der Waals surface area contributed by atoms with Gasteiger partial charge in [0.2, 0.25) is 0 Å². The van der Waals surface area contributed by atoms with Gasteiger partial charge < -0.3 is 5.11 Å². The molecule has 0 aliphatic rings. The van der Waals surface area contributed by atoms with Gasteiger partial charge in [0, 0.05) is 12.3 Å². The number of benzene rings is 1. The molecule has 0 aliphatic carbocycles. The predicted molar refractivity (Wildman–Crippen MR) is 78.8 cm³/mol. The van der Waals surface area contributed by atoms with Crippen LogP contribution in [-0.2, 0) is 4.79 Å². The molecule has 0 saturated carbocycles. The Kier molecular flexibility index (Phi) is 8.89. The molecule has 0 bridgehead atoms. The quantitative estimate of drug-likeness (QED) is 0.656. The third-order valence-corrected chi connectivity index (χ3v) is 2.53. The number of nitrogens with zero attached hydrogens (tertiary/aromatic N) is 1. The van der Waals surface area contributed by atoms with Crippen molar-refractivity contribution in [3.05, 3.63) is 35.9 Å². The van der Waals surface area contributed by atoms with Crippen LogP contribution in [0.5, 0.6) is 0 Å². The maximum atomic E-state index is 9.91. The molecule has 96 valence electrons. The molecule has 0 aliphatic heterocycles. The first-order valence-corrected chi connectivity index (χ1v) is 6.22.